The molecule has 0 saturated carbocycles. The van der Waals surface area contributed by atoms with Gasteiger partial charge in [0.05, 0.1) is 10.2 Å². The highest BCUT2D eigenvalue weighted by atomic mass is 35.5. The number of rotatable bonds is 2. The second-order valence-electron chi connectivity index (χ2n) is 6.16. The van der Waals surface area contributed by atoms with Crippen molar-refractivity contribution in [2.75, 3.05) is 18.0 Å². The van der Waals surface area contributed by atoms with Crippen molar-refractivity contribution in [2.45, 2.75) is 25.8 Å². The minimum Gasteiger partial charge on any atom is -0.355 e. The second kappa shape index (κ2) is 7.05. The average molecular weight is 361 g/mol. The van der Waals surface area contributed by atoms with Gasteiger partial charge in [0.1, 0.15) is 0 Å². The standard InChI is InChI=1S/C18H20N4S.ClH/c1-12-11-23-16-15(12)20-17(13-5-3-2-4-6-13)21-18(16)22-9-7-14(19)8-10-22;/h2-6,11,14H,7-10,19H2,1H3;1H. The molecule has 24 heavy (non-hydrogen) atoms. The Morgan fingerprint density at radius 2 is 1.83 bits per heavy atom. The maximum absolute atomic E-state index is 6.06. The molecular formula is C18H21ClN4S. The molecule has 4 nitrogen and oxygen atoms in total. The molecule has 4 rings (SSSR count). The molecule has 0 atom stereocenters. The van der Waals surface area contributed by atoms with E-state index in [0.717, 1.165) is 48.7 Å². The van der Waals surface area contributed by atoms with Gasteiger partial charge in [-0.3, -0.25) is 0 Å². The largest absolute Gasteiger partial charge is 0.355 e. The zero-order valence-electron chi connectivity index (χ0n) is 13.6. The van der Waals surface area contributed by atoms with Crippen LogP contribution in [0.4, 0.5) is 5.82 Å². The normalized spacial score (nSPS) is 15.5. The lowest BCUT2D eigenvalue weighted by Crippen LogP contribution is -2.40. The van der Waals surface area contributed by atoms with Crippen molar-refractivity contribution in [1.29, 1.82) is 0 Å². The van der Waals surface area contributed by atoms with E-state index >= 15 is 0 Å². The molecule has 0 amide bonds. The molecule has 1 fully saturated rings. The Balaban J connectivity index is 0.00000169. The van der Waals surface area contributed by atoms with Crippen molar-refractivity contribution in [3.8, 4) is 11.4 Å². The van der Waals surface area contributed by atoms with E-state index in [1.807, 2.05) is 18.2 Å². The van der Waals surface area contributed by atoms with E-state index in [1.165, 1.54) is 10.3 Å². The van der Waals surface area contributed by atoms with Crippen molar-refractivity contribution in [3.05, 3.63) is 41.3 Å². The number of thiophene rings is 1. The molecule has 2 aromatic heterocycles. The molecule has 0 spiro atoms. The van der Waals surface area contributed by atoms with Crippen LogP contribution in [0.1, 0.15) is 18.4 Å². The minimum absolute atomic E-state index is 0. The van der Waals surface area contributed by atoms with Gasteiger partial charge in [0.2, 0.25) is 0 Å². The molecule has 0 bridgehead atoms. The van der Waals surface area contributed by atoms with Crippen LogP contribution in [0.25, 0.3) is 21.6 Å². The van der Waals surface area contributed by atoms with E-state index in [4.69, 9.17) is 15.7 Å². The van der Waals surface area contributed by atoms with Gasteiger partial charge in [-0.2, -0.15) is 0 Å². The molecule has 1 aromatic carbocycles. The monoisotopic (exact) mass is 360 g/mol. The maximum Gasteiger partial charge on any atom is 0.162 e. The highest BCUT2D eigenvalue weighted by Gasteiger charge is 2.22. The highest BCUT2D eigenvalue weighted by molar-refractivity contribution is 7.18. The van der Waals surface area contributed by atoms with E-state index in [0.29, 0.717) is 6.04 Å². The van der Waals surface area contributed by atoms with E-state index in [1.54, 1.807) is 11.3 Å². The molecule has 126 valence electrons. The van der Waals surface area contributed by atoms with Gasteiger partial charge in [0.15, 0.2) is 11.6 Å². The van der Waals surface area contributed by atoms with Gasteiger partial charge in [0, 0.05) is 24.7 Å². The van der Waals surface area contributed by atoms with Crippen LogP contribution in [0.5, 0.6) is 0 Å². The van der Waals surface area contributed by atoms with E-state index in [2.05, 4.69) is 29.3 Å². The first kappa shape index (κ1) is 17.1. The van der Waals surface area contributed by atoms with Crippen molar-refractivity contribution in [2.24, 2.45) is 5.73 Å². The van der Waals surface area contributed by atoms with Crippen molar-refractivity contribution < 1.29 is 0 Å². The number of hydrogen-bond donors (Lipinski definition) is 1. The van der Waals surface area contributed by atoms with Gasteiger partial charge in [-0.1, -0.05) is 30.3 Å². The molecule has 3 aromatic rings. The molecule has 3 heterocycles. The van der Waals surface area contributed by atoms with Gasteiger partial charge >= 0.3 is 0 Å². The van der Waals surface area contributed by atoms with Gasteiger partial charge in [-0.25, -0.2) is 9.97 Å². The molecule has 6 heteroatoms. The lowest BCUT2D eigenvalue weighted by atomic mass is 10.1. The first-order chi connectivity index (χ1) is 11.2. The molecule has 1 saturated heterocycles. The van der Waals surface area contributed by atoms with Crippen molar-refractivity contribution in [3.63, 3.8) is 0 Å². The van der Waals surface area contributed by atoms with E-state index in [9.17, 15) is 0 Å². The molecule has 2 N–H and O–H groups in total. The van der Waals surface area contributed by atoms with Crippen LogP contribution in [0.3, 0.4) is 0 Å². The molecule has 0 aliphatic carbocycles. The van der Waals surface area contributed by atoms with Crippen LogP contribution in [-0.4, -0.2) is 29.1 Å². The second-order valence-corrected chi connectivity index (χ2v) is 7.04. The maximum atomic E-state index is 6.06. The van der Waals surface area contributed by atoms with Gasteiger partial charge < -0.3 is 10.6 Å². The fourth-order valence-corrected chi connectivity index (χ4v) is 4.06. The Kier molecular flexibility index (Phi) is 5.04. The number of halogens is 1. The smallest absolute Gasteiger partial charge is 0.162 e. The third-order valence-electron chi connectivity index (χ3n) is 4.45. The lowest BCUT2D eigenvalue weighted by Gasteiger charge is -2.31. The number of aromatic nitrogens is 2. The summed E-state index contributed by atoms with van der Waals surface area (Å²) in [7, 11) is 0. The summed E-state index contributed by atoms with van der Waals surface area (Å²) in [6.07, 6.45) is 2.05. The lowest BCUT2D eigenvalue weighted by molar-refractivity contribution is 0.499. The molecule has 1 aliphatic heterocycles. The summed E-state index contributed by atoms with van der Waals surface area (Å²) in [5, 5.41) is 2.17. The number of aryl methyl sites for hydroxylation is 1. The van der Waals surface area contributed by atoms with Crippen LogP contribution in [0.15, 0.2) is 35.7 Å². The number of piperidine rings is 1. The molecule has 0 unspecified atom stereocenters. The summed E-state index contributed by atoms with van der Waals surface area (Å²) in [6, 6.07) is 10.5. The SMILES string of the molecule is Cc1csc2c(N3CCC(N)CC3)nc(-c3ccccc3)nc12.Cl. The minimum atomic E-state index is 0. The first-order valence-corrected chi connectivity index (χ1v) is 8.92. The van der Waals surface area contributed by atoms with Gasteiger partial charge in [-0.15, -0.1) is 23.7 Å². The van der Waals surface area contributed by atoms with Crippen LogP contribution in [0.2, 0.25) is 0 Å². The number of benzene rings is 1. The number of anilines is 1. The zero-order valence-corrected chi connectivity index (χ0v) is 15.2. The highest BCUT2D eigenvalue weighted by Crippen LogP contribution is 2.34. The quantitative estimate of drug-likeness (QED) is 0.750. The summed E-state index contributed by atoms with van der Waals surface area (Å²) in [5.41, 5.74) is 9.42. The summed E-state index contributed by atoms with van der Waals surface area (Å²) in [4.78, 5) is 12.1. The number of nitrogens with zero attached hydrogens (tertiary/aromatic N) is 3. The predicted molar refractivity (Wildman–Crippen MR) is 104 cm³/mol. The topological polar surface area (TPSA) is 55.0 Å². The Morgan fingerprint density at radius 1 is 1.12 bits per heavy atom. The van der Waals surface area contributed by atoms with Crippen LogP contribution < -0.4 is 10.6 Å². The zero-order chi connectivity index (χ0) is 15.8. The van der Waals surface area contributed by atoms with E-state index < -0.39 is 0 Å². The van der Waals surface area contributed by atoms with Crippen molar-refractivity contribution >= 4 is 39.8 Å². The van der Waals surface area contributed by atoms with Crippen LogP contribution in [0, 0.1) is 6.92 Å². The molecule has 0 radical (unpaired) electrons. The summed E-state index contributed by atoms with van der Waals surface area (Å²) < 4.78 is 1.19. The van der Waals surface area contributed by atoms with Crippen molar-refractivity contribution in [1.82, 2.24) is 9.97 Å². The van der Waals surface area contributed by atoms with Crippen LogP contribution in [-0.2, 0) is 0 Å². The van der Waals surface area contributed by atoms with Gasteiger partial charge in [-0.05, 0) is 30.7 Å². The third kappa shape index (κ3) is 3.11. The fraction of sp³-hybridized carbons (Fsp3) is 0.333. The summed E-state index contributed by atoms with van der Waals surface area (Å²) >= 11 is 1.74. The number of fused-ring (bicyclic) bond motifs is 1. The van der Waals surface area contributed by atoms with Crippen LogP contribution >= 0.6 is 23.7 Å². The molecule has 1 aliphatic rings. The third-order valence-corrected chi connectivity index (χ3v) is 5.53. The fourth-order valence-electron chi connectivity index (χ4n) is 3.06. The Bertz CT molecular complexity index is 826. The number of hydrogen-bond acceptors (Lipinski definition) is 5. The average Bonchev–Trinajstić information content (AvgIpc) is 2.97. The van der Waals surface area contributed by atoms with Gasteiger partial charge in [0.25, 0.3) is 0 Å². The predicted octanol–water partition coefficient (Wildman–Crippen LogP) is 4.02. The molecular weight excluding hydrogens is 340 g/mol. The van der Waals surface area contributed by atoms with E-state index in [-0.39, 0.29) is 12.4 Å². The summed E-state index contributed by atoms with van der Waals surface area (Å²) in [5.74, 6) is 1.88. The summed E-state index contributed by atoms with van der Waals surface area (Å²) in [6.45, 7) is 4.06. The Hall–Kier alpha value is -1.69. The Morgan fingerprint density at radius 3 is 2.54 bits per heavy atom. The Labute approximate surface area is 152 Å². The number of nitrogens with two attached hydrogens (primary N) is 1. The first-order valence-electron chi connectivity index (χ1n) is 8.04.